The third kappa shape index (κ3) is 3.52. The van der Waals surface area contributed by atoms with Crippen LogP contribution in [0.15, 0.2) is 59.4 Å². The lowest BCUT2D eigenvalue weighted by Crippen LogP contribution is -2.30. The number of aromatic amines is 1. The Bertz CT molecular complexity index is 1250. The first-order valence-corrected chi connectivity index (χ1v) is 10.1. The van der Waals surface area contributed by atoms with Crippen molar-refractivity contribution in [1.82, 2.24) is 4.98 Å². The van der Waals surface area contributed by atoms with Crippen LogP contribution in [0.25, 0.3) is 17.0 Å². The molecule has 0 saturated heterocycles. The SMILES string of the molecule is O=C(/C=C/c1cc2ccccc2[nH]c1=O)Nc1ccc2c(c1)N(C(=O)C1CC1)CC2. The van der Waals surface area contributed by atoms with Crippen LogP contribution in [0.1, 0.15) is 24.0 Å². The quantitative estimate of drug-likeness (QED) is 0.659. The number of benzene rings is 2. The number of carbonyl (C=O) groups is 2. The van der Waals surface area contributed by atoms with Crippen molar-refractivity contribution in [3.8, 4) is 0 Å². The molecule has 5 rings (SSSR count). The van der Waals surface area contributed by atoms with Crippen molar-refractivity contribution >= 4 is 40.2 Å². The maximum absolute atomic E-state index is 12.5. The van der Waals surface area contributed by atoms with Crippen molar-refractivity contribution in [2.45, 2.75) is 19.3 Å². The van der Waals surface area contributed by atoms with Crippen molar-refractivity contribution in [3.05, 3.63) is 76.1 Å². The first-order chi connectivity index (χ1) is 14.6. The van der Waals surface area contributed by atoms with Crippen LogP contribution in [-0.4, -0.2) is 23.3 Å². The van der Waals surface area contributed by atoms with E-state index in [1.54, 1.807) is 6.07 Å². The largest absolute Gasteiger partial charge is 0.322 e. The molecule has 2 aromatic carbocycles. The Morgan fingerprint density at radius 2 is 1.93 bits per heavy atom. The summed E-state index contributed by atoms with van der Waals surface area (Å²) in [6.45, 7) is 0.701. The van der Waals surface area contributed by atoms with E-state index >= 15 is 0 Å². The lowest BCUT2D eigenvalue weighted by molar-refractivity contribution is -0.119. The van der Waals surface area contributed by atoms with Gasteiger partial charge in [-0.2, -0.15) is 0 Å². The van der Waals surface area contributed by atoms with Crippen LogP contribution in [0.2, 0.25) is 0 Å². The third-order valence-electron chi connectivity index (χ3n) is 5.64. The summed E-state index contributed by atoms with van der Waals surface area (Å²) in [5.41, 5.74) is 3.57. The number of fused-ring (bicyclic) bond motifs is 2. The van der Waals surface area contributed by atoms with E-state index in [2.05, 4.69) is 10.3 Å². The minimum absolute atomic E-state index is 0.164. The number of nitrogens with one attached hydrogen (secondary N) is 2. The van der Waals surface area contributed by atoms with Crippen LogP contribution >= 0.6 is 0 Å². The fourth-order valence-electron chi connectivity index (χ4n) is 3.87. The van der Waals surface area contributed by atoms with Crippen LogP contribution in [0, 0.1) is 5.92 Å². The lowest BCUT2D eigenvalue weighted by atomic mass is 10.1. The van der Waals surface area contributed by atoms with Crippen LogP contribution in [0.5, 0.6) is 0 Å². The number of nitrogens with zero attached hydrogens (tertiary/aromatic N) is 1. The van der Waals surface area contributed by atoms with Gasteiger partial charge in [0.2, 0.25) is 11.8 Å². The second-order valence-corrected chi connectivity index (χ2v) is 7.82. The van der Waals surface area contributed by atoms with Crippen molar-refractivity contribution in [2.24, 2.45) is 5.92 Å². The summed E-state index contributed by atoms with van der Waals surface area (Å²) in [5, 5.41) is 3.73. The smallest absolute Gasteiger partial charge is 0.255 e. The molecule has 1 aliphatic carbocycles. The maximum atomic E-state index is 12.5. The summed E-state index contributed by atoms with van der Waals surface area (Å²) in [4.78, 5) is 41.8. The average Bonchev–Trinajstić information content (AvgIpc) is 3.51. The number of anilines is 2. The van der Waals surface area contributed by atoms with Crippen LogP contribution in [-0.2, 0) is 16.0 Å². The van der Waals surface area contributed by atoms with Crippen LogP contribution in [0.4, 0.5) is 11.4 Å². The molecule has 1 saturated carbocycles. The van der Waals surface area contributed by atoms with E-state index in [1.165, 1.54) is 12.2 Å². The molecule has 30 heavy (non-hydrogen) atoms. The minimum atomic E-state index is -0.333. The van der Waals surface area contributed by atoms with E-state index in [0.717, 1.165) is 41.4 Å². The maximum Gasteiger partial charge on any atom is 0.255 e. The van der Waals surface area contributed by atoms with Gasteiger partial charge in [-0.25, -0.2) is 0 Å². The molecule has 2 aliphatic rings. The second kappa shape index (κ2) is 7.30. The Balaban J connectivity index is 1.33. The van der Waals surface area contributed by atoms with E-state index in [9.17, 15) is 14.4 Å². The van der Waals surface area contributed by atoms with E-state index in [0.29, 0.717) is 17.8 Å². The molecule has 1 fully saturated rings. The van der Waals surface area contributed by atoms with E-state index in [1.807, 2.05) is 47.4 Å². The molecule has 0 radical (unpaired) electrons. The molecule has 2 heterocycles. The number of para-hydroxylation sites is 1. The number of carbonyl (C=O) groups excluding carboxylic acids is 2. The molecule has 0 spiro atoms. The zero-order valence-corrected chi connectivity index (χ0v) is 16.4. The number of amides is 2. The number of hydrogen-bond donors (Lipinski definition) is 2. The molecule has 3 aromatic rings. The summed E-state index contributed by atoms with van der Waals surface area (Å²) in [6.07, 6.45) is 5.64. The summed E-state index contributed by atoms with van der Waals surface area (Å²) in [7, 11) is 0. The molecule has 0 unspecified atom stereocenters. The molecular weight excluding hydrogens is 378 g/mol. The lowest BCUT2D eigenvalue weighted by Gasteiger charge is -2.17. The predicted molar refractivity (Wildman–Crippen MR) is 117 cm³/mol. The van der Waals surface area contributed by atoms with Crippen LogP contribution in [0.3, 0.4) is 0 Å². The van der Waals surface area contributed by atoms with Crippen molar-refractivity contribution in [2.75, 3.05) is 16.8 Å². The Labute approximate surface area is 173 Å². The van der Waals surface area contributed by atoms with Gasteiger partial charge in [0.15, 0.2) is 0 Å². The van der Waals surface area contributed by atoms with Crippen LogP contribution < -0.4 is 15.8 Å². The highest BCUT2D eigenvalue weighted by molar-refractivity contribution is 6.03. The normalized spacial score (nSPS) is 15.5. The number of pyridine rings is 1. The number of hydrogen-bond acceptors (Lipinski definition) is 3. The van der Waals surface area contributed by atoms with Crippen molar-refractivity contribution < 1.29 is 9.59 Å². The summed E-state index contributed by atoms with van der Waals surface area (Å²) >= 11 is 0. The number of aromatic nitrogens is 1. The number of H-pyrrole nitrogens is 1. The van der Waals surface area contributed by atoms with Gasteiger partial charge in [0.25, 0.3) is 5.56 Å². The van der Waals surface area contributed by atoms with Gasteiger partial charge in [0.1, 0.15) is 0 Å². The summed E-state index contributed by atoms with van der Waals surface area (Å²) in [6, 6.07) is 14.9. The predicted octanol–water partition coefficient (Wildman–Crippen LogP) is 3.48. The van der Waals surface area contributed by atoms with E-state index in [-0.39, 0.29) is 23.3 Å². The molecule has 1 aromatic heterocycles. The Morgan fingerprint density at radius 3 is 2.77 bits per heavy atom. The molecule has 1 aliphatic heterocycles. The Morgan fingerprint density at radius 1 is 1.10 bits per heavy atom. The van der Waals surface area contributed by atoms with Gasteiger partial charge in [-0.1, -0.05) is 24.3 Å². The van der Waals surface area contributed by atoms with E-state index < -0.39 is 0 Å². The highest BCUT2D eigenvalue weighted by Gasteiger charge is 2.36. The Kier molecular flexibility index (Phi) is 4.47. The van der Waals surface area contributed by atoms with Gasteiger partial charge in [-0.05, 0) is 60.6 Å². The number of rotatable bonds is 4. The highest BCUT2D eigenvalue weighted by Crippen LogP contribution is 2.37. The molecule has 2 N–H and O–H groups in total. The van der Waals surface area contributed by atoms with Gasteiger partial charge in [0.05, 0.1) is 0 Å². The molecule has 6 heteroatoms. The standard InChI is InChI=1S/C24H21N3O3/c28-22(10-8-18-13-17-3-1-2-4-20(17)26-23(18)29)25-19-9-7-15-11-12-27(21(15)14-19)24(30)16-5-6-16/h1-4,7-10,13-14,16H,5-6,11-12H2,(H,25,28)(H,26,29)/b10-8+. The second-order valence-electron chi connectivity index (χ2n) is 7.82. The minimum Gasteiger partial charge on any atom is -0.322 e. The molecule has 150 valence electrons. The monoisotopic (exact) mass is 399 g/mol. The van der Waals surface area contributed by atoms with Gasteiger partial charge in [0, 0.05) is 41.0 Å². The topological polar surface area (TPSA) is 82.3 Å². The summed E-state index contributed by atoms with van der Waals surface area (Å²) in [5.74, 6) is 0.0189. The van der Waals surface area contributed by atoms with Crippen molar-refractivity contribution in [1.29, 1.82) is 0 Å². The van der Waals surface area contributed by atoms with E-state index in [4.69, 9.17) is 0 Å². The van der Waals surface area contributed by atoms with Gasteiger partial charge >= 0.3 is 0 Å². The molecule has 0 atom stereocenters. The average molecular weight is 399 g/mol. The molecular formula is C24H21N3O3. The first kappa shape index (κ1) is 18.4. The van der Waals surface area contributed by atoms with Crippen molar-refractivity contribution in [3.63, 3.8) is 0 Å². The first-order valence-electron chi connectivity index (χ1n) is 10.1. The Hall–Kier alpha value is -3.67. The molecule has 0 bridgehead atoms. The van der Waals surface area contributed by atoms with Gasteiger partial charge in [-0.15, -0.1) is 0 Å². The fourth-order valence-corrected chi connectivity index (χ4v) is 3.87. The zero-order chi connectivity index (χ0) is 20.7. The molecule has 6 nitrogen and oxygen atoms in total. The highest BCUT2D eigenvalue weighted by atomic mass is 16.2. The molecule has 2 amide bonds. The van der Waals surface area contributed by atoms with Gasteiger partial charge in [-0.3, -0.25) is 14.4 Å². The third-order valence-corrected chi connectivity index (χ3v) is 5.64. The summed E-state index contributed by atoms with van der Waals surface area (Å²) < 4.78 is 0. The fraction of sp³-hybridized carbons (Fsp3) is 0.208. The zero-order valence-electron chi connectivity index (χ0n) is 16.4. The van der Waals surface area contributed by atoms with Gasteiger partial charge < -0.3 is 15.2 Å².